The van der Waals surface area contributed by atoms with Gasteiger partial charge >= 0.3 is 5.69 Å². The Morgan fingerprint density at radius 2 is 1.95 bits per heavy atom. The van der Waals surface area contributed by atoms with Gasteiger partial charge in [0.2, 0.25) is 0 Å². The molecule has 0 aromatic heterocycles. The van der Waals surface area contributed by atoms with Crippen molar-refractivity contribution < 1.29 is 14.5 Å². The number of benzene rings is 1. The Balaban J connectivity index is 2.44. The van der Waals surface area contributed by atoms with E-state index in [2.05, 4.69) is 16.2 Å². The summed E-state index contributed by atoms with van der Waals surface area (Å²) in [6.45, 7) is 5.37. The van der Waals surface area contributed by atoms with Gasteiger partial charge in [-0.05, 0) is 39.1 Å². The maximum absolute atomic E-state index is 11.6. The van der Waals surface area contributed by atoms with Gasteiger partial charge < -0.3 is 10.1 Å². The van der Waals surface area contributed by atoms with Crippen molar-refractivity contribution in [2.75, 3.05) is 6.61 Å². The number of hydrazine groups is 1. The van der Waals surface area contributed by atoms with Gasteiger partial charge in [-0.15, -0.1) is 0 Å². The van der Waals surface area contributed by atoms with Crippen LogP contribution in [0.15, 0.2) is 24.3 Å². The van der Waals surface area contributed by atoms with Crippen LogP contribution in [0.4, 0.5) is 5.69 Å². The van der Waals surface area contributed by atoms with E-state index in [1.165, 1.54) is 18.2 Å². The number of nitrogens with zero attached hydrogens (tertiary/aromatic N) is 1. The molecule has 9 heteroatoms. The topological polar surface area (TPSA) is 106 Å². The lowest BCUT2D eigenvalue weighted by Gasteiger charge is -2.23. The number of amides is 1. The van der Waals surface area contributed by atoms with Gasteiger partial charge in [-0.3, -0.25) is 25.8 Å². The van der Waals surface area contributed by atoms with E-state index in [-0.39, 0.29) is 28.7 Å². The molecule has 0 fully saturated rings. The van der Waals surface area contributed by atoms with Crippen molar-refractivity contribution in [3.8, 4) is 5.75 Å². The second-order valence-electron chi connectivity index (χ2n) is 5.39. The van der Waals surface area contributed by atoms with E-state index in [1.807, 2.05) is 20.8 Å². The summed E-state index contributed by atoms with van der Waals surface area (Å²) in [7, 11) is 0. The summed E-state index contributed by atoms with van der Waals surface area (Å²) in [6.07, 6.45) is 0. The van der Waals surface area contributed by atoms with Crippen molar-refractivity contribution in [2.24, 2.45) is 0 Å². The number of rotatable bonds is 4. The number of carbonyl (C=O) groups excluding carboxylic acids is 1. The van der Waals surface area contributed by atoms with Crippen LogP contribution < -0.4 is 20.9 Å². The first-order valence-corrected chi connectivity index (χ1v) is 6.83. The van der Waals surface area contributed by atoms with Crippen LogP contribution in [-0.2, 0) is 4.79 Å². The minimum atomic E-state index is -0.576. The SMILES string of the molecule is CC(C)(C)NC(=S)NNC(=O)COc1ccccc1[N+](=O)[O-]. The molecule has 22 heavy (non-hydrogen) atoms. The van der Waals surface area contributed by atoms with Crippen molar-refractivity contribution in [1.29, 1.82) is 0 Å². The van der Waals surface area contributed by atoms with Crippen LogP contribution in [-0.4, -0.2) is 28.1 Å². The van der Waals surface area contributed by atoms with Gasteiger partial charge in [0.1, 0.15) is 0 Å². The van der Waals surface area contributed by atoms with Crippen LogP contribution in [0.25, 0.3) is 0 Å². The Labute approximate surface area is 133 Å². The van der Waals surface area contributed by atoms with Crippen LogP contribution in [0.5, 0.6) is 5.75 Å². The number of hydrogen-bond acceptors (Lipinski definition) is 5. The first kappa shape index (κ1) is 17.6. The average molecular weight is 326 g/mol. The van der Waals surface area contributed by atoms with Gasteiger partial charge in [-0.25, -0.2) is 0 Å². The fraction of sp³-hybridized carbons (Fsp3) is 0.385. The predicted molar refractivity (Wildman–Crippen MR) is 85.4 cm³/mol. The Morgan fingerprint density at radius 1 is 1.32 bits per heavy atom. The summed E-state index contributed by atoms with van der Waals surface area (Å²) in [5.74, 6) is -0.491. The smallest absolute Gasteiger partial charge is 0.310 e. The first-order chi connectivity index (χ1) is 10.2. The van der Waals surface area contributed by atoms with Crippen molar-refractivity contribution in [1.82, 2.24) is 16.2 Å². The second-order valence-corrected chi connectivity index (χ2v) is 5.80. The largest absolute Gasteiger partial charge is 0.477 e. The molecule has 8 nitrogen and oxygen atoms in total. The van der Waals surface area contributed by atoms with E-state index in [0.29, 0.717) is 0 Å². The van der Waals surface area contributed by atoms with E-state index < -0.39 is 10.8 Å². The normalized spacial score (nSPS) is 10.5. The van der Waals surface area contributed by atoms with Crippen molar-refractivity contribution in [3.05, 3.63) is 34.4 Å². The highest BCUT2D eigenvalue weighted by Gasteiger charge is 2.15. The van der Waals surface area contributed by atoms with Crippen molar-refractivity contribution in [2.45, 2.75) is 26.3 Å². The van der Waals surface area contributed by atoms with E-state index in [0.717, 1.165) is 0 Å². The lowest BCUT2D eigenvalue weighted by atomic mass is 10.1. The molecule has 0 heterocycles. The molecule has 0 unspecified atom stereocenters. The highest BCUT2D eigenvalue weighted by molar-refractivity contribution is 7.80. The summed E-state index contributed by atoms with van der Waals surface area (Å²) in [5.41, 5.74) is 4.42. The predicted octanol–water partition coefficient (Wildman–Crippen LogP) is 1.27. The zero-order valence-electron chi connectivity index (χ0n) is 12.5. The van der Waals surface area contributed by atoms with E-state index in [9.17, 15) is 14.9 Å². The maximum Gasteiger partial charge on any atom is 0.310 e. The number of nitro benzene ring substituents is 1. The molecule has 0 radical (unpaired) electrons. The van der Waals surface area contributed by atoms with Crippen LogP contribution in [0.2, 0.25) is 0 Å². The number of ether oxygens (including phenoxy) is 1. The summed E-state index contributed by atoms with van der Waals surface area (Å²) in [6, 6.07) is 5.82. The molecule has 120 valence electrons. The zero-order valence-corrected chi connectivity index (χ0v) is 13.3. The minimum absolute atomic E-state index is 0.0260. The molecule has 0 aliphatic heterocycles. The van der Waals surface area contributed by atoms with Crippen LogP contribution in [0, 0.1) is 10.1 Å². The number of carbonyl (C=O) groups is 1. The lowest BCUT2D eigenvalue weighted by molar-refractivity contribution is -0.385. The Hall–Kier alpha value is -2.42. The minimum Gasteiger partial charge on any atom is -0.477 e. The Morgan fingerprint density at radius 3 is 2.55 bits per heavy atom. The first-order valence-electron chi connectivity index (χ1n) is 6.42. The van der Waals surface area contributed by atoms with Crippen molar-refractivity contribution in [3.63, 3.8) is 0 Å². The van der Waals surface area contributed by atoms with Crippen LogP contribution >= 0.6 is 12.2 Å². The molecule has 0 bridgehead atoms. The lowest BCUT2D eigenvalue weighted by Crippen LogP contribution is -2.52. The number of nitrogens with one attached hydrogen (secondary N) is 3. The third-order valence-corrected chi connectivity index (χ3v) is 2.43. The fourth-order valence-electron chi connectivity index (χ4n) is 1.41. The molecule has 1 amide bonds. The van der Waals surface area contributed by atoms with Gasteiger partial charge in [-0.2, -0.15) is 0 Å². The molecule has 0 aliphatic rings. The summed E-state index contributed by atoms with van der Waals surface area (Å²) >= 11 is 4.99. The third-order valence-electron chi connectivity index (χ3n) is 2.22. The molecule has 1 aromatic carbocycles. The zero-order chi connectivity index (χ0) is 16.8. The highest BCUT2D eigenvalue weighted by Crippen LogP contribution is 2.25. The van der Waals surface area contributed by atoms with Crippen molar-refractivity contribution >= 4 is 28.9 Å². The number of para-hydroxylation sites is 2. The summed E-state index contributed by atoms with van der Waals surface area (Å²) in [4.78, 5) is 21.8. The Kier molecular flexibility index (Phi) is 6.05. The molecule has 0 spiro atoms. The standard InChI is InChI=1S/C13H18N4O4S/c1-13(2,3)14-12(22)16-15-11(18)8-21-10-7-5-4-6-9(10)17(19)20/h4-7H,8H2,1-3H3,(H,15,18)(H2,14,16,22). The third kappa shape index (κ3) is 6.35. The molecule has 0 saturated carbocycles. The molecular weight excluding hydrogens is 308 g/mol. The van der Waals surface area contributed by atoms with E-state index in [1.54, 1.807) is 6.07 Å². The quantitative estimate of drug-likeness (QED) is 0.434. The van der Waals surface area contributed by atoms with E-state index >= 15 is 0 Å². The molecule has 1 rings (SSSR count). The monoisotopic (exact) mass is 326 g/mol. The van der Waals surface area contributed by atoms with E-state index in [4.69, 9.17) is 17.0 Å². The van der Waals surface area contributed by atoms with Gasteiger partial charge in [0, 0.05) is 11.6 Å². The molecule has 0 saturated heterocycles. The van der Waals surface area contributed by atoms with Gasteiger partial charge in [0.15, 0.2) is 17.5 Å². The summed E-state index contributed by atoms with van der Waals surface area (Å²) in [5, 5.41) is 14.0. The molecule has 3 N–H and O–H groups in total. The second kappa shape index (κ2) is 7.55. The van der Waals surface area contributed by atoms with Gasteiger partial charge in [0.05, 0.1) is 4.92 Å². The van der Waals surface area contributed by atoms with Gasteiger partial charge in [0.25, 0.3) is 5.91 Å². The van der Waals surface area contributed by atoms with Crippen LogP contribution in [0.3, 0.4) is 0 Å². The Bertz CT molecular complexity index is 571. The molecule has 0 atom stereocenters. The maximum atomic E-state index is 11.6. The average Bonchev–Trinajstić information content (AvgIpc) is 2.41. The fourth-order valence-corrected chi connectivity index (χ4v) is 1.76. The summed E-state index contributed by atoms with van der Waals surface area (Å²) < 4.78 is 5.14. The highest BCUT2D eigenvalue weighted by atomic mass is 32.1. The molecular formula is C13H18N4O4S. The number of thiocarbonyl (C=S) groups is 1. The van der Waals surface area contributed by atoms with Crippen LogP contribution in [0.1, 0.15) is 20.8 Å². The number of hydrogen-bond donors (Lipinski definition) is 3. The molecule has 1 aromatic rings. The molecule has 0 aliphatic carbocycles. The number of nitro groups is 1. The van der Waals surface area contributed by atoms with Gasteiger partial charge in [-0.1, -0.05) is 12.1 Å².